The molecule has 4 rings (SSSR count). The van der Waals surface area contributed by atoms with Crippen LogP contribution in [0, 0.1) is 6.92 Å². The lowest BCUT2D eigenvalue weighted by atomic mass is 10.0. The first-order valence-corrected chi connectivity index (χ1v) is 9.11. The summed E-state index contributed by atoms with van der Waals surface area (Å²) < 4.78 is 7.64. The molecule has 1 atom stereocenters. The Bertz CT molecular complexity index is 941. The van der Waals surface area contributed by atoms with Crippen LogP contribution < -0.4 is 0 Å². The van der Waals surface area contributed by atoms with Crippen LogP contribution in [0.15, 0.2) is 55.1 Å². The number of carbonyl (C=O) groups excluding carboxylic acids is 1. The molecule has 0 radical (unpaired) electrons. The van der Waals surface area contributed by atoms with Gasteiger partial charge in [0.1, 0.15) is 18.8 Å². The van der Waals surface area contributed by atoms with Crippen LogP contribution in [0.3, 0.4) is 0 Å². The molecule has 1 aliphatic rings. The maximum absolute atomic E-state index is 13.3. The van der Waals surface area contributed by atoms with E-state index in [0.717, 1.165) is 16.8 Å². The summed E-state index contributed by atoms with van der Waals surface area (Å²) in [5.74, 6) is -0.0235. The summed E-state index contributed by atoms with van der Waals surface area (Å²) >= 11 is 5.97. The van der Waals surface area contributed by atoms with E-state index in [9.17, 15) is 4.79 Å². The largest absolute Gasteiger partial charge is 0.370 e. The Morgan fingerprint density at radius 2 is 1.89 bits per heavy atom. The zero-order valence-electron chi connectivity index (χ0n) is 14.9. The van der Waals surface area contributed by atoms with Gasteiger partial charge in [-0.1, -0.05) is 35.4 Å². The number of nitrogens with zero attached hydrogens (tertiary/aromatic N) is 4. The van der Waals surface area contributed by atoms with E-state index in [1.807, 2.05) is 54.3 Å². The number of hydrogen-bond donors (Lipinski definition) is 0. The molecule has 1 aromatic heterocycles. The second kappa shape index (κ2) is 7.50. The Morgan fingerprint density at radius 1 is 1.15 bits per heavy atom. The Kier molecular flexibility index (Phi) is 4.92. The molecular formula is C20H19ClN4O2. The minimum absolute atomic E-state index is 0.0235. The van der Waals surface area contributed by atoms with Gasteiger partial charge in [-0.3, -0.25) is 9.36 Å². The third-order valence-corrected chi connectivity index (χ3v) is 4.93. The first-order chi connectivity index (χ1) is 13.1. The highest BCUT2D eigenvalue weighted by atomic mass is 35.5. The number of morpholine rings is 1. The van der Waals surface area contributed by atoms with Crippen molar-refractivity contribution >= 4 is 17.5 Å². The normalized spacial score (nSPS) is 17.1. The van der Waals surface area contributed by atoms with E-state index >= 15 is 0 Å². The van der Waals surface area contributed by atoms with E-state index in [0.29, 0.717) is 30.3 Å². The minimum Gasteiger partial charge on any atom is -0.370 e. The summed E-state index contributed by atoms with van der Waals surface area (Å²) in [7, 11) is 0. The van der Waals surface area contributed by atoms with E-state index in [1.165, 1.54) is 0 Å². The van der Waals surface area contributed by atoms with Gasteiger partial charge in [-0.25, -0.2) is 0 Å². The fraction of sp³-hybridized carbons (Fsp3) is 0.250. The highest BCUT2D eigenvalue weighted by molar-refractivity contribution is 6.30. The van der Waals surface area contributed by atoms with E-state index < -0.39 is 0 Å². The maximum atomic E-state index is 13.3. The van der Waals surface area contributed by atoms with Crippen LogP contribution in [0.1, 0.15) is 27.6 Å². The number of ether oxygens (including phenoxy) is 1. The molecule has 1 saturated heterocycles. The van der Waals surface area contributed by atoms with Crippen molar-refractivity contribution in [3.63, 3.8) is 0 Å². The Labute approximate surface area is 162 Å². The van der Waals surface area contributed by atoms with E-state index in [2.05, 4.69) is 10.2 Å². The molecule has 0 aliphatic carbocycles. The van der Waals surface area contributed by atoms with Crippen molar-refractivity contribution in [3.8, 4) is 5.69 Å². The molecular weight excluding hydrogens is 364 g/mol. The summed E-state index contributed by atoms with van der Waals surface area (Å²) in [5.41, 5.74) is 3.44. The van der Waals surface area contributed by atoms with Crippen molar-refractivity contribution in [1.82, 2.24) is 19.7 Å². The molecule has 2 aromatic carbocycles. The molecule has 6 nitrogen and oxygen atoms in total. The van der Waals surface area contributed by atoms with Crippen LogP contribution in [0.2, 0.25) is 5.02 Å². The summed E-state index contributed by atoms with van der Waals surface area (Å²) in [4.78, 5) is 15.1. The van der Waals surface area contributed by atoms with Gasteiger partial charge in [0.2, 0.25) is 0 Å². The summed E-state index contributed by atoms with van der Waals surface area (Å²) in [6.07, 6.45) is 3.03. The molecule has 0 spiro atoms. The van der Waals surface area contributed by atoms with Gasteiger partial charge in [0, 0.05) is 11.6 Å². The van der Waals surface area contributed by atoms with Crippen molar-refractivity contribution in [1.29, 1.82) is 0 Å². The third kappa shape index (κ3) is 3.72. The third-order valence-electron chi connectivity index (χ3n) is 4.67. The van der Waals surface area contributed by atoms with Crippen LogP contribution >= 0.6 is 11.6 Å². The lowest BCUT2D eigenvalue weighted by Gasteiger charge is -2.33. The highest BCUT2D eigenvalue weighted by Crippen LogP contribution is 2.26. The Hall–Kier alpha value is -2.70. The van der Waals surface area contributed by atoms with Gasteiger partial charge in [0.25, 0.3) is 5.91 Å². The van der Waals surface area contributed by atoms with Gasteiger partial charge in [-0.15, -0.1) is 10.2 Å². The molecule has 0 bridgehead atoms. The van der Waals surface area contributed by atoms with Crippen LogP contribution in [0.5, 0.6) is 0 Å². The van der Waals surface area contributed by atoms with Gasteiger partial charge in [0.05, 0.1) is 24.4 Å². The number of amides is 1. The number of carbonyl (C=O) groups is 1. The monoisotopic (exact) mass is 382 g/mol. The smallest absolute Gasteiger partial charge is 0.256 e. The first kappa shape index (κ1) is 17.7. The van der Waals surface area contributed by atoms with Crippen LogP contribution in [0.25, 0.3) is 5.69 Å². The zero-order valence-corrected chi connectivity index (χ0v) is 15.6. The van der Waals surface area contributed by atoms with Gasteiger partial charge in [-0.2, -0.15) is 0 Å². The maximum Gasteiger partial charge on any atom is 0.256 e. The topological polar surface area (TPSA) is 60.2 Å². The molecule has 0 saturated carbocycles. The van der Waals surface area contributed by atoms with E-state index in [1.54, 1.807) is 17.2 Å². The first-order valence-electron chi connectivity index (χ1n) is 8.74. The van der Waals surface area contributed by atoms with Crippen molar-refractivity contribution in [2.24, 2.45) is 0 Å². The minimum atomic E-state index is -0.164. The molecule has 1 fully saturated rings. The van der Waals surface area contributed by atoms with Gasteiger partial charge in [0.15, 0.2) is 0 Å². The number of aryl methyl sites for hydroxylation is 1. The SMILES string of the molecule is Cc1ccc(-n2cnnc2)c(C(=O)N2CCOC(c3ccc(Cl)cc3)C2)c1. The van der Waals surface area contributed by atoms with Crippen molar-refractivity contribution < 1.29 is 9.53 Å². The zero-order chi connectivity index (χ0) is 18.8. The molecule has 2 heterocycles. The highest BCUT2D eigenvalue weighted by Gasteiger charge is 2.27. The van der Waals surface area contributed by atoms with E-state index in [4.69, 9.17) is 16.3 Å². The number of hydrogen-bond acceptors (Lipinski definition) is 4. The quantitative estimate of drug-likeness (QED) is 0.696. The van der Waals surface area contributed by atoms with Crippen LogP contribution in [-0.2, 0) is 4.74 Å². The molecule has 1 amide bonds. The summed E-state index contributed by atoms with van der Waals surface area (Å²) in [6, 6.07) is 13.4. The second-order valence-corrected chi connectivity index (χ2v) is 6.99. The predicted molar refractivity (Wildman–Crippen MR) is 102 cm³/mol. The molecule has 3 aromatic rings. The number of benzene rings is 2. The van der Waals surface area contributed by atoms with Crippen LogP contribution in [0.4, 0.5) is 0 Å². The molecule has 7 heteroatoms. The van der Waals surface area contributed by atoms with Crippen molar-refractivity contribution in [2.75, 3.05) is 19.7 Å². The van der Waals surface area contributed by atoms with Gasteiger partial charge < -0.3 is 9.64 Å². The fourth-order valence-corrected chi connectivity index (χ4v) is 3.38. The molecule has 27 heavy (non-hydrogen) atoms. The van der Waals surface area contributed by atoms with Crippen molar-refractivity contribution in [3.05, 3.63) is 76.8 Å². The average molecular weight is 383 g/mol. The van der Waals surface area contributed by atoms with Gasteiger partial charge in [-0.05, 0) is 36.8 Å². The molecule has 138 valence electrons. The lowest BCUT2D eigenvalue weighted by molar-refractivity contribution is -0.0228. The lowest BCUT2D eigenvalue weighted by Crippen LogP contribution is -2.42. The predicted octanol–water partition coefficient (Wildman–Crippen LogP) is 3.44. The van der Waals surface area contributed by atoms with E-state index in [-0.39, 0.29) is 12.0 Å². The average Bonchev–Trinajstić information content (AvgIpc) is 3.22. The summed E-state index contributed by atoms with van der Waals surface area (Å²) in [5, 5.41) is 8.38. The molecule has 0 N–H and O–H groups in total. The number of rotatable bonds is 3. The molecule has 1 aliphatic heterocycles. The Morgan fingerprint density at radius 3 is 2.63 bits per heavy atom. The number of halogens is 1. The summed E-state index contributed by atoms with van der Waals surface area (Å²) in [6.45, 7) is 3.52. The fourth-order valence-electron chi connectivity index (χ4n) is 3.25. The Balaban J connectivity index is 1.61. The molecule has 1 unspecified atom stereocenters. The second-order valence-electron chi connectivity index (χ2n) is 6.55. The van der Waals surface area contributed by atoms with Gasteiger partial charge >= 0.3 is 0 Å². The standard InChI is InChI=1S/C20H19ClN4O2/c1-14-2-7-18(25-12-22-23-13-25)17(10-14)20(26)24-8-9-27-19(11-24)15-3-5-16(21)6-4-15/h2-7,10,12-13,19H,8-9,11H2,1H3. The number of aromatic nitrogens is 3. The van der Waals surface area contributed by atoms with Crippen LogP contribution in [-0.4, -0.2) is 45.3 Å². The van der Waals surface area contributed by atoms with Crippen molar-refractivity contribution in [2.45, 2.75) is 13.0 Å².